The van der Waals surface area contributed by atoms with Gasteiger partial charge < -0.3 is 9.13 Å². The Labute approximate surface area is 308 Å². The van der Waals surface area contributed by atoms with E-state index in [0.29, 0.717) is 0 Å². The van der Waals surface area contributed by atoms with Crippen molar-refractivity contribution in [2.75, 3.05) is 0 Å². The summed E-state index contributed by atoms with van der Waals surface area (Å²) in [5.41, 5.74) is 17.6. The molecule has 0 bridgehead atoms. The van der Waals surface area contributed by atoms with Crippen LogP contribution in [-0.2, 0) is 5.41 Å². The molecule has 2 heteroatoms. The van der Waals surface area contributed by atoms with Gasteiger partial charge in [0.25, 0.3) is 0 Å². The van der Waals surface area contributed by atoms with Gasteiger partial charge in [-0.2, -0.15) is 0 Å². The normalized spacial score (nSPS) is 13.2. The molecule has 1 aliphatic carbocycles. The highest BCUT2D eigenvalue weighted by Gasteiger charge is 2.35. The average Bonchev–Trinajstić information content (AvgIpc) is 3.81. The van der Waals surface area contributed by atoms with Crippen molar-refractivity contribution in [3.8, 4) is 44.8 Å². The summed E-state index contributed by atoms with van der Waals surface area (Å²) in [6, 6.07) is 67.1. The zero-order valence-corrected chi connectivity index (χ0v) is 29.7. The van der Waals surface area contributed by atoms with Crippen LogP contribution in [0, 0.1) is 0 Å². The van der Waals surface area contributed by atoms with Gasteiger partial charge in [-0.15, -0.1) is 0 Å². The summed E-state index contributed by atoms with van der Waals surface area (Å²) in [4.78, 5) is 0. The van der Waals surface area contributed by atoms with E-state index in [4.69, 9.17) is 0 Å². The van der Waals surface area contributed by atoms with Crippen LogP contribution in [0.5, 0.6) is 0 Å². The maximum atomic E-state index is 2.41. The summed E-state index contributed by atoms with van der Waals surface area (Å²) < 4.78 is 4.79. The molecule has 0 aliphatic heterocycles. The van der Waals surface area contributed by atoms with Crippen molar-refractivity contribution >= 4 is 43.6 Å². The van der Waals surface area contributed by atoms with Gasteiger partial charge in [-0.25, -0.2) is 0 Å². The number of nitrogens with zero attached hydrogens (tertiary/aromatic N) is 2. The van der Waals surface area contributed by atoms with Crippen LogP contribution in [0.1, 0.15) is 25.0 Å². The van der Waals surface area contributed by atoms with Crippen molar-refractivity contribution in [1.29, 1.82) is 0 Å². The molecule has 0 amide bonds. The monoisotopic (exact) mass is 676 g/mol. The molecule has 2 heterocycles. The summed E-state index contributed by atoms with van der Waals surface area (Å²) >= 11 is 0. The van der Waals surface area contributed by atoms with Gasteiger partial charge >= 0.3 is 0 Å². The topological polar surface area (TPSA) is 9.86 Å². The Kier molecular flexibility index (Phi) is 6.33. The zero-order chi connectivity index (χ0) is 35.3. The molecule has 0 saturated heterocycles. The number of aromatic nitrogens is 2. The minimum Gasteiger partial charge on any atom is -0.309 e. The molecule has 0 fully saturated rings. The molecule has 0 radical (unpaired) electrons. The minimum atomic E-state index is -0.0174. The Bertz CT molecular complexity index is 3060. The van der Waals surface area contributed by atoms with E-state index in [0.717, 1.165) is 5.69 Å². The molecule has 10 aromatic rings. The number of benzene rings is 8. The predicted octanol–water partition coefficient (Wildman–Crippen LogP) is 13.5. The fourth-order valence-electron chi connectivity index (χ4n) is 9.13. The smallest absolute Gasteiger partial charge is 0.0541 e. The molecule has 0 unspecified atom stereocenters. The van der Waals surface area contributed by atoms with E-state index in [1.165, 1.54) is 93.8 Å². The van der Waals surface area contributed by atoms with Crippen LogP contribution in [0.15, 0.2) is 182 Å². The lowest BCUT2D eigenvalue weighted by molar-refractivity contribution is 0.660. The van der Waals surface area contributed by atoms with E-state index in [1.807, 2.05) is 0 Å². The third kappa shape index (κ3) is 4.39. The molecule has 2 nitrogen and oxygen atoms in total. The van der Waals surface area contributed by atoms with E-state index >= 15 is 0 Å². The van der Waals surface area contributed by atoms with Crippen molar-refractivity contribution in [2.24, 2.45) is 0 Å². The van der Waals surface area contributed by atoms with E-state index in [1.54, 1.807) is 0 Å². The van der Waals surface area contributed by atoms with Gasteiger partial charge in [0, 0.05) is 38.3 Å². The van der Waals surface area contributed by atoms with E-state index < -0.39 is 0 Å². The minimum absolute atomic E-state index is 0.0174. The highest BCUT2D eigenvalue weighted by molar-refractivity contribution is 6.12. The Morgan fingerprint density at radius 2 is 0.774 bits per heavy atom. The highest BCUT2D eigenvalue weighted by Crippen LogP contribution is 2.49. The summed E-state index contributed by atoms with van der Waals surface area (Å²) in [6.07, 6.45) is 0. The van der Waals surface area contributed by atoms with Crippen molar-refractivity contribution in [1.82, 2.24) is 9.13 Å². The van der Waals surface area contributed by atoms with Gasteiger partial charge in [-0.1, -0.05) is 129 Å². The van der Waals surface area contributed by atoms with E-state index in [2.05, 4.69) is 205 Å². The number of para-hydroxylation sites is 3. The lowest BCUT2D eigenvalue weighted by Crippen LogP contribution is -2.14. The van der Waals surface area contributed by atoms with Gasteiger partial charge in [0.2, 0.25) is 0 Å². The SMILES string of the molecule is CC1(C)c2ccccc2-c2ccc(-c3ccc(-n4c5ccccc5c5cc(-c6ccc7c(c6)c6ccccc6n7-c6ccccc6)ccc54)cc3)cc21. The molecule has 0 saturated carbocycles. The summed E-state index contributed by atoms with van der Waals surface area (Å²) in [6.45, 7) is 4.70. The van der Waals surface area contributed by atoms with Crippen LogP contribution in [0.3, 0.4) is 0 Å². The first-order valence-corrected chi connectivity index (χ1v) is 18.5. The van der Waals surface area contributed by atoms with Gasteiger partial charge in [0.15, 0.2) is 0 Å². The average molecular weight is 677 g/mol. The first kappa shape index (κ1) is 30.0. The number of fused-ring (bicyclic) bond motifs is 9. The lowest BCUT2D eigenvalue weighted by atomic mass is 9.81. The summed E-state index contributed by atoms with van der Waals surface area (Å²) in [7, 11) is 0. The quantitative estimate of drug-likeness (QED) is 0.176. The predicted molar refractivity (Wildman–Crippen MR) is 224 cm³/mol. The zero-order valence-electron chi connectivity index (χ0n) is 29.7. The molecule has 250 valence electrons. The van der Waals surface area contributed by atoms with E-state index in [-0.39, 0.29) is 5.41 Å². The Morgan fingerprint density at radius 3 is 1.42 bits per heavy atom. The molecule has 2 aromatic heterocycles. The van der Waals surface area contributed by atoms with Gasteiger partial charge in [-0.05, 0) is 111 Å². The third-order valence-corrected chi connectivity index (χ3v) is 11.7. The first-order chi connectivity index (χ1) is 26.0. The van der Waals surface area contributed by atoms with E-state index in [9.17, 15) is 0 Å². The van der Waals surface area contributed by atoms with Gasteiger partial charge in [-0.3, -0.25) is 0 Å². The molecule has 11 rings (SSSR count). The van der Waals surface area contributed by atoms with Crippen molar-refractivity contribution in [3.63, 3.8) is 0 Å². The molecule has 1 aliphatic rings. The molecule has 53 heavy (non-hydrogen) atoms. The van der Waals surface area contributed by atoms with Crippen LogP contribution in [0.2, 0.25) is 0 Å². The molecular formula is C51H36N2. The largest absolute Gasteiger partial charge is 0.309 e. The number of rotatable bonds is 4. The Balaban J connectivity index is 1.000. The van der Waals surface area contributed by atoms with Crippen LogP contribution >= 0.6 is 0 Å². The van der Waals surface area contributed by atoms with Crippen LogP contribution < -0.4 is 0 Å². The summed E-state index contributed by atoms with van der Waals surface area (Å²) in [5, 5.41) is 5.05. The molecule has 0 atom stereocenters. The Morgan fingerprint density at radius 1 is 0.321 bits per heavy atom. The maximum Gasteiger partial charge on any atom is 0.0541 e. The van der Waals surface area contributed by atoms with Crippen LogP contribution in [-0.4, -0.2) is 9.13 Å². The highest BCUT2D eigenvalue weighted by atomic mass is 15.0. The summed E-state index contributed by atoms with van der Waals surface area (Å²) in [5.74, 6) is 0. The lowest BCUT2D eigenvalue weighted by Gasteiger charge is -2.22. The van der Waals surface area contributed by atoms with Crippen molar-refractivity contribution in [3.05, 3.63) is 193 Å². The second kappa shape index (κ2) is 11.2. The third-order valence-electron chi connectivity index (χ3n) is 11.7. The molecule has 8 aromatic carbocycles. The van der Waals surface area contributed by atoms with Gasteiger partial charge in [0.05, 0.1) is 22.1 Å². The molecular weight excluding hydrogens is 641 g/mol. The van der Waals surface area contributed by atoms with Crippen LogP contribution in [0.4, 0.5) is 0 Å². The molecule has 0 spiro atoms. The standard InChI is InChI=1S/C51H36N2/c1-51(2)45-17-9-6-14-39(45)40-27-22-36(32-46(40)51)33-20-25-38(26-21-33)53-48-19-11-8-16-42(48)44-31-35(24-29-50(44)53)34-23-28-49-43(30-34)41-15-7-10-18-47(41)52(49)37-12-4-3-5-13-37/h3-32H,1-2H3. The van der Waals surface area contributed by atoms with Crippen LogP contribution in [0.25, 0.3) is 88.4 Å². The fourth-order valence-corrected chi connectivity index (χ4v) is 9.13. The number of hydrogen-bond acceptors (Lipinski definition) is 0. The second-order valence-electron chi connectivity index (χ2n) is 15.0. The molecule has 0 N–H and O–H groups in total. The fraction of sp³-hybridized carbons (Fsp3) is 0.0588. The van der Waals surface area contributed by atoms with Crippen molar-refractivity contribution < 1.29 is 0 Å². The maximum absolute atomic E-state index is 2.41. The van der Waals surface area contributed by atoms with Crippen molar-refractivity contribution in [2.45, 2.75) is 19.3 Å². The Hall–Kier alpha value is -6.64. The second-order valence-corrected chi connectivity index (χ2v) is 15.0. The number of hydrogen-bond donors (Lipinski definition) is 0. The van der Waals surface area contributed by atoms with Gasteiger partial charge in [0.1, 0.15) is 0 Å². The first-order valence-electron chi connectivity index (χ1n) is 18.5.